The van der Waals surface area contributed by atoms with Crippen LogP contribution in [0.25, 0.3) is 11.3 Å². The number of anilines is 1. The fourth-order valence-corrected chi connectivity index (χ4v) is 4.31. The predicted molar refractivity (Wildman–Crippen MR) is 126 cm³/mol. The monoisotopic (exact) mass is 470 g/mol. The minimum absolute atomic E-state index is 0.0101. The van der Waals surface area contributed by atoms with Gasteiger partial charge in [-0.3, -0.25) is 4.79 Å². The quantitative estimate of drug-likeness (QED) is 0.587. The molecule has 180 valence electrons. The molecule has 34 heavy (non-hydrogen) atoms. The van der Waals surface area contributed by atoms with Crippen LogP contribution in [-0.4, -0.2) is 46.6 Å². The van der Waals surface area contributed by atoms with Crippen molar-refractivity contribution < 1.29 is 18.0 Å². The summed E-state index contributed by atoms with van der Waals surface area (Å²) in [7, 11) is 0. The minimum Gasteiger partial charge on any atom is -0.350 e. The number of benzene rings is 1. The van der Waals surface area contributed by atoms with Gasteiger partial charge in [0.1, 0.15) is 0 Å². The number of alkyl halides is 3. The van der Waals surface area contributed by atoms with Gasteiger partial charge in [0.2, 0.25) is 5.95 Å². The van der Waals surface area contributed by atoms with Crippen molar-refractivity contribution in [2.24, 2.45) is 5.92 Å². The number of halogens is 3. The fourth-order valence-electron chi connectivity index (χ4n) is 4.31. The molecule has 4 rings (SSSR count). The molecule has 1 fully saturated rings. The van der Waals surface area contributed by atoms with E-state index in [1.807, 2.05) is 36.1 Å². The van der Waals surface area contributed by atoms with Gasteiger partial charge >= 0.3 is 6.18 Å². The molecule has 2 heterocycles. The third-order valence-electron chi connectivity index (χ3n) is 6.46. The summed E-state index contributed by atoms with van der Waals surface area (Å²) in [5, 5.41) is 2.95. The van der Waals surface area contributed by atoms with Gasteiger partial charge in [0, 0.05) is 31.4 Å². The summed E-state index contributed by atoms with van der Waals surface area (Å²) in [6, 6.07) is 7.67. The summed E-state index contributed by atoms with van der Waals surface area (Å²) < 4.78 is 40.1. The zero-order valence-corrected chi connectivity index (χ0v) is 19.5. The van der Waals surface area contributed by atoms with E-state index in [4.69, 9.17) is 0 Å². The Morgan fingerprint density at radius 2 is 1.88 bits per heavy atom. The van der Waals surface area contributed by atoms with Crippen molar-refractivity contribution >= 4 is 11.9 Å². The molecular formula is C26H29F3N4O. The first kappa shape index (κ1) is 24.0. The van der Waals surface area contributed by atoms with Gasteiger partial charge < -0.3 is 10.2 Å². The topological polar surface area (TPSA) is 58.1 Å². The SMILES string of the molecule is Cc1ccc(-c2nc(NCC3=C(C(F)(F)F)C=CCC3)ncc2C(=O)N2CCC(C)CC2)cc1. The highest BCUT2D eigenvalue weighted by Crippen LogP contribution is 2.34. The molecule has 1 N–H and O–H groups in total. The number of allylic oxidation sites excluding steroid dienone is 3. The van der Waals surface area contributed by atoms with E-state index in [0.717, 1.165) is 30.0 Å². The highest BCUT2D eigenvalue weighted by atomic mass is 19.4. The summed E-state index contributed by atoms with van der Waals surface area (Å²) in [4.78, 5) is 24.0. The molecule has 0 bridgehead atoms. The molecule has 1 aliphatic heterocycles. The molecule has 0 radical (unpaired) electrons. The average Bonchev–Trinajstić information content (AvgIpc) is 2.83. The molecule has 0 saturated carbocycles. The van der Waals surface area contributed by atoms with E-state index in [9.17, 15) is 18.0 Å². The van der Waals surface area contributed by atoms with E-state index < -0.39 is 11.7 Å². The van der Waals surface area contributed by atoms with Crippen LogP contribution < -0.4 is 5.32 Å². The first-order valence-electron chi connectivity index (χ1n) is 11.7. The van der Waals surface area contributed by atoms with Crippen molar-refractivity contribution in [1.82, 2.24) is 14.9 Å². The number of aryl methyl sites for hydroxylation is 1. The molecule has 8 heteroatoms. The van der Waals surface area contributed by atoms with Crippen molar-refractivity contribution in [3.05, 3.63) is 64.9 Å². The second-order valence-corrected chi connectivity index (χ2v) is 9.11. The summed E-state index contributed by atoms with van der Waals surface area (Å²) in [5.74, 6) is 0.672. The first-order chi connectivity index (χ1) is 16.2. The van der Waals surface area contributed by atoms with Gasteiger partial charge in [0.15, 0.2) is 0 Å². The third kappa shape index (κ3) is 5.48. The van der Waals surface area contributed by atoms with Crippen molar-refractivity contribution in [3.8, 4) is 11.3 Å². The van der Waals surface area contributed by atoms with Crippen molar-refractivity contribution in [1.29, 1.82) is 0 Å². The Morgan fingerprint density at radius 1 is 1.18 bits per heavy atom. The number of carbonyl (C=O) groups excluding carboxylic acids is 1. The Labute approximate surface area is 197 Å². The maximum atomic E-state index is 13.4. The zero-order valence-electron chi connectivity index (χ0n) is 19.5. The number of nitrogens with one attached hydrogen (secondary N) is 1. The van der Waals surface area contributed by atoms with E-state index in [-0.39, 0.29) is 24.0 Å². The summed E-state index contributed by atoms with van der Waals surface area (Å²) in [5.41, 5.74) is 2.38. The van der Waals surface area contributed by atoms with Gasteiger partial charge in [0.05, 0.1) is 16.8 Å². The molecule has 1 saturated heterocycles. The highest BCUT2D eigenvalue weighted by Gasteiger charge is 2.35. The number of carbonyl (C=O) groups is 1. The van der Waals surface area contributed by atoms with Crippen LogP contribution in [0.1, 0.15) is 48.5 Å². The Bertz CT molecular complexity index is 1100. The number of likely N-dealkylation sites (tertiary alicyclic amines) is 1. The van der Waals surface area contributed by atoms with Gasteiger partial charge in [-0.1, -0.05) is 48.9 Å². The molecule has 0 atom stereocenters. The average molecular weight is 471 g/mol. The number of aromatic nitrogens is 2. The molecule has 1 aromatic heterocycles. The Kier molecular flexibility index (Phi) is 7.05. The van der Waals surface area contributed by atoms with Gasteiger partial charge in [0.25, 0.3) is 5.91 Å². The molecule has 0 unspecified atom stereocenters. The smallest absolute Gasteiger partial charge is 0.350 e. The molecule has 1 aliphatic carbocycles. The molecule has 1 amide bonds. The summed E-state index contributed by atoms with van der Waals surface area (Å²) in [6.07, 6.45) is 2.57. The number of hydrogen-bond donors (Lipinski definition) is 1. The minimum atomic E-state index is -4.40. The largest absolute Gasteiger partial charge is 0.416 e. The van der Waals surface area contributed by atoms with Crippen LogP contribution >= 0.6 is 0 Å². The van der Waals surface area contributed by atoms with E-state index in [0.29, 0.717) is 43.1 Å². The zero-order chi connectivity index (χ0) is 24.3. The van der Waals surface area contributed by atoms with Crippen LogP contribution in [0.4, 0.5) is 19.1 Å². The van der Waals surface area contributed by atoms with Gasteiger partial charge in [-0.05, 0) is 44.1 Å². The predicted octanol–water partition coefficient (Wildman–Crippen LogP) is 5.94. The van der Waals surface area contributed by atoms with Crippen LogP contribution in [0.2, 0.25) is 0 Å². The lowest BCUT2D eigenvalue weighted by Gasteiger charge is -2.30. The maximum Gasteiger partial charge on any atom is 0.416 e. The second-order valence-electron chi connectivity index (χ2n) is 9.11. The van der Waals surface area contributed by atoms with E-state index in [1.54, 1.807) is 6.08 Å². The molecule has 2 aromatic rings. The number of rotatable bonds is 5. The first-order valence-corrected chi connectivity index (χ1v) is 11.7. The maximum absolute atomic E-state index is 13.4. The van der Waals surface area contributed by atoms with Crippen LogP contribution in [0.3, 0.4) is 0 Å². The molecule has 0 spiro atoms. The van der Waals surface area contributed by atoms with E-state index in [2.05, 4.69) is 22.2 Å². The third-order valence-corrected chi connectivity index (χ3v) is 6.46. The number of piperidine rings is 1. The van der Waals surface area contributed by atoms with E-state index in [1.165, 1.54) is 6.20 Å². The standard InChI is InChI=1S/C26H29F3N4O/c1-17-7-9-19(10-8-17)23-21(24(34)33-13-11-18(2)12-14-33)16-31-25(32-23)30-15-20-5-3-4-6-22(20)26(27,28)29/h4,6-10,16,18H,3,5,11-15H2,1-2H3,(H,30,31,32). The molecule has 2 aliphatic rings. The van der Waals surface area contributed by atoms with Gasteiger partial charge in [-0.2, -0.15) is 13.2 Å². The van der Waals surface area contributed by atoms with Crippen LogP contribution in [0.15, 0.2) is 53.8 Å². The highest BCUT2D eigenvalue weighted by molar-refractivity contribution is 5.99. The van der Waals surface area contributed by atoms with Crippen molar-refractivity contribution in [2.45, 2.75) is 45.7 Å². The lowest BCUT2D eigenvalue weighted by molar-refractivity contribution is -0.0893. The van der Waals surface area contributed by atoms with Gasteiger partial charge in [-0.25, -0.2) is 9.97 Å². The molecule has 5 nitrogen and oxygen atoms in total. The molecular weight excluding hydrogens is 441 g/mol. The fraction of sp³-hybridized carbons (Fsp3) is 0.423. The van der Waals surface area contributed by atoms with Gasteiger partial charge in [-0.15, -0.1) is 0 Å². The Morgan fingerprint density at radius 3 is 2.56 bits per heavy atom. The number of hydrogen-bond acceptors (Lipinski definition) is 4. The number of amides is 1. The van der Waals surface area contributed by atoms with Crippen molar-refractivity contribution in [2.75, 3.05) is 25.0 Å². The lowest BCUT2D eigenvalue weighted by atomic mass is 9.97. The summed E-state index contributed by atoms with van der Waals surface area (Å²) in [6.45, 7) is 5.53. The van der Waals surface area contributed by atoms with Crippen LogP contribution in [0.5, 0.6) is 0 Å². The van der Waals surface area contributed by atoms with Crippen LogP contribution in [-0.2, 0) is 0 Å². The number of nitrogens with zero attached hydrogens (tertiary/aromatic N) is 3. The molecule has 1 aromatic carbocycles. The normalized spacial score (nSPS) is 17.3. The Balaban J connectivity index is 1.63. The van der Waals surface area contributed by atoms with Crippen LogP contribution in [0, 0.1) is 12.8 Å². The summed E-state index contributed by atoms with van der Waals surface area (Å²) >= 11 is 0. The van der Waals surface area contributed by atoms with E-state index >= 15 is 0 Å². The Hall–Kier alpha value is -3.16. The second kappa shape index (κ2) is 9.99. The van der Waals surface area contributed by atoms with Crippen molar-refractivity contribution in [3.63, 3.8) is 0 Å². The lowest BCUT2D eigenvalue weighted by Crippen LogP contribution is -2.38.